The summed E-state index contributed by atoms with van der Waals surface area (Å²) in [5.74, 6) is 0. The summed E-state index contributed by atoms with van der Waals surface area (Å²) in [6, 6.07) is 8.28. The van der Waals surface area contributed by atoms with Crippen LogP contribution < -0.4 is 5.32 Å². The van der Waals surface area contributed by atoms with Crippen LogP contribution >= 0.6 is 0 Å². The first-order valence-corrected chi connectivity index (χ1v) is 4.75. The van der Waals surface area contributed by atoms with E-state index in [9.17, 15) is 4.79 Å². The van der Waals surface area contributed by atoms with Crippen molar-refractivity contribution in [1.29, 1.82) is 0 Å². The third kappa shape index (κ3) is 1.87. The van der Waals surface area contributed by atoms with E-state index in [4.69, 9.17) is 4.74 Å². The summed E-state index contributed by atoms with van der Waals surface area (Å²) >= 11 is 0. The van der Waals surface area contributed by atoms with E-state index in [1.807, 2.05) is 25.1 Å². The number of ether oxygens (including phenoxy) is 1. The summed E-state index contributed by atoms with van der Waals surface area (Å²) in [5, 5.41) is 2.80. The number of carbonyl (C=O) groups excluding carboxylic acids is 1. The second kappa shape index (κ2) is 3.70. The predicted octanol–water partition coefficient (Wildman–Crippen LogP) is 2.17. The third-order valence-electron chi connectivity index (χ3n) is 2.38. The van der Waals surface area contributed by atoms with Crippen molar-refractivity contribution in [2.24, 2.45) is 0 Å². The maximum absolute atomic E-state index is 11.0. The molecule has 74 valence electrons. The number of rotatable bonds is 1. The van der Waals surface area contributed by atoms with Crippen LogP contribution in [0.25, 0.3) is 0 Å². The van der Waals surface area contributed by atoms with Gasteiger partial charge >= 0.3 is 6.09 Å². The van der Waals surface area contributed by atoms with Crippen LogP contribution in [0.4, 0.5) is 4.79 Å². The van der Waals surface area contributed by atoms with Gasteiger partial charge in [-0.2, -0.15) is 0 Å². The molecule has 2 rings (SSSR count). The van der Waals surface area contributed by atoms with Crippen LogP contribution in [0.5, 0.6) is 0 Å². The molecule has 3 nitrogen and oxygen atoms in total. The SMILES string of the molecule is Cc1cccc([C@H]2CCOC(=O)N2)c1. The number of benzene rings is 1. The number of cyclic esters (lactones) is 1. The number of aryl methyl sites for hydroxylation is 1. The number of hydrogen-bond donors (Lipinski definition) is 1. The predicted molar refractivity (Wildman–Crippen MR) is 53.0 cm³/mol. The molecule has 0 aliphatic carbocycles. The van der Waals surface area contributed by atoms with Gasteiger partial charge in [-0.05, 0) is 12.5 Å². The Morgan fingerprint density at radius 3 is 3.07 bits per heavy atom. The fourth-order valence-electron chi connectivity index (χ4n) is 1.66. The molecular formula is C11H13NO2. The summed E-state index contributed by atoms with van der Waals surface area (Å²) in [6.45, 7) is 2.55. The van der Waals surface area contributed by atoms with Crippen LogP contribution in [0.1, 0.15) is 23.6 Å². The van der Waals surface area contributed by atoms with Gasteiger partial charge in [0.2, 0.25) is 0 Å². The van der Waals surface area contributed by atoms with Gasteiger partial charge in [0.05, 0.1) is 12.6 Å². The van der Waals surface area contributed by atoms with Gasteiger partial charge in [0.25, 0.3) is 0 Å². The van der Waals surface area contributed by atoms with Gasteiger partial charge < -0.3 is 10.1 Å². The summed E-state index contributed by atoms with van der Waals surface area (Å²) in [5.41, 5.74) is 2.37. The van der Waals surface area contributed by atoms with Crippen molar-refractivity contribution < 1.29 is 9.53 Å². The zero-order valence-corrected chi connectivity index (χ0v) is 8.12. The van der Waals surface area contributed by atoms with Crippen molar-refractivity contribution in [1.82, 2.24) is 5.32 Å². The van der Waals surface area contributed by atoms with Gasteiger partial charge in [0.15, 0.2) is 0 Å². The number of hydrogen-bond acceptors (Lipinski definition) is 2. The molecule has 0 spiro atoms. The van der Waals surface area contributed by atoms with Gasteiger partial charge in [-0.15, -0.1) is 0 Å². The number of nitrogens with one attached hydrogen (secondary N) is 1. The van der Waals surface area contributed by atoms with Crippen LogP contribution in [0.2, 0.25) is 0 Å². The summed E-state index contributed by atoms with van der Waals surface area (Å²) in [6.07, 6.45) is 0.526. The monoisotopic (exact) mass is 191 g/mol. The van der Waals surface area contributed by atoms with E-state index in [0.717, 1.165) is 12.0 Å². The Morgan fingerprint density at radius 1 is 1.50 bits per heavy atom. The van der Waals surface area contributed by atoms with Crippen molar-refractivity contribution in [2.45, 2.75) is 19.4 Å². The lowest BCUT2D eigenvalue weighted by Crippen LogP contribution is -2.35. The van der Waals surface area contributed by atoms with Crippen molar-refractivity contribution in [3.8, 4) is 0 Å². The van der Waals surface area contributed by atoms with Gasteiger partial charge in [0, 0.05) is 6.42 Å². The molecule has 3 heteroatoms. The van der Waals surface area contributed by atoms with Crippen molar-refractivity contribution in [3.63, 3.8) is 0 Å². The molecule has 14 heavy (non-hydrogen) atoms. The van der Waals surface area contributed by atoms with Crippen molar-refractivity contribution in [2.75, 3.05) is 6.61 Å². The minimum atomic E-state index is -0.317. The molecule has 0 radical (unpaired) electrons. The van der Waals surface area contributed by atoms with E-state index in [1.165, 1.54) is 5.56 Å². The Morgan fingerprint density at radius 2 is 2.36 bits per heavy atom. The summed E-state index contributed by atoms with van der Waals surface area (Å²) < 4.78 is 4.81. The van der Waals surface area contributed by atoms with Crippen LogP contribution in [0.15, 0.2) is 24.3 Å². The number of carbonyl (C=O) groups is 1. The van der Waals surface area contributed by atoms with Gasteiger partial charge in [-0.1, -0.05) is 29.8 Å². The number of amides is 1. The molecule has 0 bridgehead atoms. The Hall–Kier alpha value is -1.51. The largest absolute Gasteiger partial charge is 0.449 e. The van der Waals surface area contributed by atoms with Gasteiger partial charge in [-0.3, -0.25) is 0 Å². The molecule has 0 aromatic heterocycles. The van der Waals surface area contributed by atoms with E-state index < -0.39 is 0 Å². The lowest BCUT2D eigenvalue weighted by molar-refractivity contribution is 0.115. The molecule has 0 unspecified atom stereocenters. The average Bonchev–Trinajstić information content (AvgIpc) is 2.18. The molecule has 1 amide bonds. The highest BCUT2D eigenvalue weighted by atomic mass is 16.5. The molecule has 1 fully saturated rings. The summed E-state index contributed by atoms with van der Waals surface area (Å²) in [7, 11) is 0. The molecule has 0 saturated carbocycles. The van der Waals surface area contributed by atoms with E-state index in [-0.39, 0.29) is 12.1 Å². The molecule has 1 aromatic carbocycles. The van der Waals surface area contributed by atoms with E-state index in [0.29, 0.717) is 6.61 Å². The van der Waals surface area contributed by atoms with Crippen LogP contribution in [-0.2, 0) is 4.74 Å². The lowest BCUT2D eigenvalue weighted by Gasteiger charge is -2.23. The Bertz CT molecular complexity index is 349. The van der Waals surface area contributed by atoms with Crippen LogP contribution in [0, 0.1) is 6.92 Å². The smallest absolute Gasteiger partial charge is 0.407 e. The third-order valence-corrected chi connectivity index (χ3v) is 2.38. The Balaban J connectivity index is 2.17. The highest BCUT2D eigenvalue weighted by molar-refractivity contribution is 5.68. The van der Waals surface area contributed by atoms with E-state index in [1.54, 1.807) is 0 Å². The highest BCUT2D eigenvalue weighted by Gasteiger charge is 2.20. The minimum Gasteiger partial charge on any atom is -0.449 e. The van der Waals surface area contributed by atoms with Gasteiger partial charge in [-0.25, -0.2) is 4.79 Å². The van der Waals surface area contributed by atoms with Crippen molar-refractivity contribution in [3.05, 3.63) is 35.4 Å². The zero-order valence-electron chi connectivity index (χ0n) is 8.12. The lowest BCUT2D eigenvalue weighted by atomic mass is 10.0. The van der Waals surface area contributed by atoms with Gasteiger partial charge in [0.1, 0.15) is 0 Å². The first-order chi connectivity index (χ1) is 6.75. The highest BCUT2D eigenvalue weighted by Crippen LogP contribution is 2.20. The quantitative estimate of drug-likeness (QED) is 0.738. The zero-order chi connectivity index (χ0) is 9.97. The fraction of sp³-hybridized carbons (Fsp3) is 0.364. The molecule has 1 N–H and O–H groups in total. The molecule has 1 atom stereocenters. The average molecular weight is 191 g/mol. The Kier molecular flexibility index (Phi) is 2.39. The fourth-order valence-corrected chi connectivity index (χ4v) is 1.66. The molecule has 1 saturated heterocycles. The van der Waals surface area contributed by atoms with E-state index >= 15 is 0 Å². The first kappa shape index (κ1) is 9.06. The van der Waals surface area contributed by atoms with E-state index in [2.05, 4.69) is 11.4 Å². The standard InChI is InChI=1S/C11H13NO2/c1-8-3-2-4-9(7-8)10-5-6-14-11(13)12-10/h2-4,7,10H,5-6H2,1H3,(H,12,13)/t10-/m1/s1. The minimum absolute atomic E-state index is 0.108. The molecule has 1 heterocycles. The second-order valence-corrected chi connectivity index (χ2v) is 3.54. The maximum Gasteiger partial charge on any atom is 0.407 e. The van der Waals surface area contributed by atoms with Crippen molar-refractivity contribution >= 4 is 6.09 Å². The van der Waals surface area contributed by atoms with Crippen LogP contribution in [0.3, 0.4) is 0 Å². The second-order valence-electron chi connectivity index (χ2n) is 3.54. The number of alkyl carbamates (subject to hydrolysis) is 1. The first-order valence-electron chi connectivity index (χ1n) is 4.75. The molecule has 1 aliphatic heterocycles. The molecule has 1 aromatic rings. The van der Waals surface area contributed by atoms with Crippen LogP contribution in [-0.4, -0.2) is 12.7 Å². The topological polar surface area (TPSA) is 38.3 Å². The Labute approximate surface area is 83.1 Å². The molecular weight excluding hydrogens is 178 g/mol. The molecule has 1 aliphatic rings. The maximum atomic E-state index is 11.0. The normalized spacial score (nSPS) is 21.2. The summed E-state index contributed by atoms with van der Waals surface area (Å²) in [4.78, 5) is 11.0.